The fourth-order valence-electron chi connectivity index (χ4n) is 6.02. The first-order valence-electron chi connectivity index (χ1n) is 11.9. The fraction of sp³-hybridized carbons (Fsp3) is 0.480. The van der Waals surface area contributed by atoms with Crippen LogP contribution in [0.15, 0.2) is 28.7 Å². The number of alkyl halides is 1. The number of amides is 1. The molecule has 0 aromatic heterocycles. The molecule has 200 valence electrons. The molecule has 1 amide bonds. The van der Waals surface area contributed by atoms with E-state index in [1.54, 1.807) is 27.2 Å². The molecule has 0 unspecified atom stereocenters. The zero-order valence-corrected chi connectivity index (χ0v) is 20.8. The van der Waals surface area contributed by atoms with Crippen molar-refractivity contribution in [2.24, 2.45) is 17.6 Å². The summed E-state index contributed by atoms with van der Waals surface area (Å²) in [4.78, 5) is 40.7. The summed E-state index contributed by atoms with van der Waals surface area (Å²) in [5, 5.41) is 50.6. The molecule has 1 aromatic rings. The van der Waals surface area contributed by atoms with Gasteiger partial charge in [0, 0.05) is 42.9 Å². The maximum atomic E-state index is 13.8. The summed E-state index contributed by atoms with van der Waals surface area (Å²) in [5.41, 5.74) is 2.84. The number of anilines is 1. The van der Waals surface area contributed by atoms with E-state index in [0.29, 0.717) is 16.8 Å². The van der Waals surface area contributed by atoms with Gasteiger partial charge in [-0.2, -0.15) is 0 Å². The van der Waals surface area contributed by atoms with Crippen molar-refractivity contribution in [2.45, 2.75) is 31.0 Å². The second-order valence-electron chi connectivity index (χ2n) is 9.86. The Bertz CT molecular complexity index is 1260. The Kier molecular flexibility index (Phi) is 6.78. The standard InChI is InChI=1S/C25H31FN4O7/c1-28-14-8-11(9-29-5-4-26)19(31)16-12(14)6-10-7-13-18(30(2)3)21(33)17(24(27)36)23(35)25(13,37)22(34)15(10)20(16)32/h8,10,13,18,28-29,31,33-34,37H,4-7,9H2,1-3H3,(H2,27,36)/t10-,13-,18-,25-/m0/s1. The minimum absolute atomic E-state index is 0.00941. The van der Waals surface area contributed by atoms with E-state index in [4.69, 9.17) is 5.73 Å². The average Bonchev–Trinajstić information content (AvgIpc) is 2.82. The van der Waals surface area contributed by atoms with Crippen molar-refractivity contribution >= 4 is 23.2 Å². The van der Waals surface area contributed by atoms with Gasteiger partial charge in [0.05, 0.1) is 11.6 Å². The van der Waals surface area contributed by atoms with Gasteiger partial charge in [0.15, 0.2) is 11.4 Å². The largest absolute Gasteiger partial charge is 0.510 e. The summed E-state index contributed by atoms with van der Waals surface area (Å²) in [6.07, 6.45) is 0.186. The minimum Gasteiger partial charge on any atom is -0.510 e. The van der Waals surface area contributed by atoms with E-state index in [0.717, 1.165) is 0 Å². The molecule has 11 nitrogen and oxygen atoms in total. The lowest BCUT2D eigenvalue weighted by atomic mass is 9.58. The first-order chi connectivity index (χ1) is 17.4. The van der Waals surface area contributed by atoms with Crippen LogP contribution in [0.5, 0.6) is 5.75 Å². The number of fused-ring (bicyclic) bond motifs is 3. The summed E-state index contributed by atoms with van der Waals surface area (Å²) >= 11 is 0. The van der Waals surface area contributed by atoms with Crippen LogP contribution in [0.4, 0.5) is 10.1 Å². The number of hydrogen-bond acceptors (Lipinski definition) is 10. The number of primary amides is 1. The molecule has 4 rings (SSSR count). The van der Waals surface area contributed by atoms with E-state index in [2.05, 4.69) is 10.6 Å². The Morgan fingerprint density at radius 3 is 2.51 bits per heavy atom. The van der Waals surface area contributed by atoms with E-state index >= 15 is 0 Å². The molecule has 12 heteroatoms. The van der Waals surface area contributed by atoms with Gasteiger partial charge in [0.25, 0.3) is 5.91 Å². The second kappa shape index (κ2) is 9.43. The lowest BCUT2D eigenvalue weighted by molar-refractivity contribution is -0.148. The summed E-state index contributed by atoms with van der Waals surface area (Å²) in [5.74, 6) is -6.97. The number of likely N-dealkylation sites (N-methyl/N-ethyl adjacent to an activating group) is 1. The third-order valence-electron chi connectivity index (χ3n) is 7.66. The van der Waals surface area contributed by atoms with Gasteiger partial charge in [0.1, 0.15) is 29.5 Å². The third-order valence-corrected chi connectivity index (χ3v) is 7.66. The van der Waals surface area contributed by atoms with Gasteiger partial charge in [-0.1, -0.05) is 0 Å². The van der Waals surface area contributed by atoms with Crippen LogP contribution < -0.4 is 16.4 Å². The minimum atomic E-state index is -2.69. The summed E-state index contributed by atoms with van der Waals surface area (Å²) in [6, 6.07) is 0.604. The number of benzene rings is 1. The van der Waals surface area contributed by atoms with Crippen molar-refractivity contribution in [2.75, 3.05) is 39.7 Å². The zero-order valence-electron chi connectivity index (χ0n) is 20.8. The van der Waals surface area contributed by atoms with Crippen LogP contribution >= 0.6 is 0 Å². The number of aliphatic hydroxyl groups excluding tert-OH is 2. The Morgan fingerprint density at radius 1 is 1.27 bits per heavy atom. The summed E-state index contributed by atoms with van der Waals surface area (Å²) < 4.78 is 12.6. The van der Waals surface area contributed by atoms with Crippen molar-refractivity contribution in [3.8, 4) is 5.75 Å². The Morgan fingerprint density at radius 2 is 1.95 bits per heavy atom. The van der Waals surface area contributed by atoms with Gasteiger partial charge >= 0.3 is 0 Å². The molecule has 0 heterocycles. The molecule has 3 aliphatic rings. The predicted molar refractivity (Wildman–Crippen MR) is 131 cm³/mol. The van der Waals surface area contributed by atoms with Gasteiger partial charge in [-0.15, -0.1) is 0 Å². The number of rotatable bonds is 7. The number of Topliss-reactive ketones (excluding diaryl/α,β-unsaturated/α-hetero) is 2. The monoisotopic (exact) mass is 518 g/mol. The molecule has 0 saturated heterocycles. The SMILES string of the molecule is CNc1cc(CNCCF)c(O)c2c1C[C@H]1C[C@H]3[C@H](N(C)C)C(O)=C(C(N)=O)C(=O)[C@@]3(O)C(O)=C1C2=O. The van der Waals surface area contributed by atoms with Gasteiger partial charge in [-0.3, -0.25) is 19.3 Å². The maximum Gasteiger partial charge on any atom is 0.255 e. The number of hydrogen-bond donors (Lipinski definition) is 7. The van der Waals surface area contributed by atoms with Gasteiger partial charge < -0.3 is 36.8 Å². The van der Waals surface area contributed by atoms with Crippen LogP contribution in [0.2, 0.25) is 0 Å². The smallest absolute Gasteiger partial charge is 0.255 e. The molecule has 0 spiro atoms. The van der Waals surface area contributed by atoms with Crippen molar-refractivity contribution in [3.05, 3.63) is 45.4 Å². The van der Waals surface area contributed by atoms with Crippen LogP contribution in [-0.4, -0.2) is 88.8 Å². The van der Waals surface area contributed by atoms with E-state index < -0.39 is 64.7 Å². The van der Waals surface area contributed by atoms with Crippen molar-refractivity contribution in [1.29, 1.82) is 0 Å². The predicted octanol–water partition coefficient (Wildman–Crippen LogP) is 0.221. The number of phenolic OH excluding ortho intramolecular Hbond substituents is 1. The van der Waals surface area contributed by atoms with E-state index in [-0.39, 0.29) is 42.8 Å². The fourth-order valence-corrected chi connectivity index (χ4v) is 6.02. The van der Waals surface area contributed by atoms with Crippen LogP contribution in [0, 0.1) is 11.8 Å². The molecule has 1 aromatic carbocycles. The van der Waals surface area contributed by atoms with Gasteiger partial charge in [-0.05, 0) is 44.5 Å². The van der Waals surface area contributed by atoms with Crippen molar-refractivity contribution in [1.82, 2.24) is 10.2 Å². The number of halogens is 1. The summed E-state index contributed by atoms with van der Waals surface area (Å²) in [6.45, 7) is -0.509. The first kappa shape index (κ1) is 26.6. The molecule has 8 N–H and O–H groups in total. The van der Waals surface area contributed by atoms with Crippen LogP contribution in [0.1, 0.15) is 27.9 Å². The molecule has 0 radical (unpaired) electrons. The number of nitrogens with one attached hydrogen (secondary N) is 2. The van der Waals surface area contributed by atoms with Crippen LogP contribution in [0.25, 0.3) is 0 Å². The molecule has 0 aliphatic heterocycles. The van der Waals surface area contributed by atoms with Crippen molar-refractivity contribution in [3.63, 3.8) is 0 Å². The Balaban J connectivity index is 1.91. The number of ketones is 2. The highest BCUT2D eigenvalue weighted by Gasteiger charge is 2.63. The topological polar surface area (TPSA) is 185 Å². The third kappa shape index (κ3) is 3.78. The van der Waals surface area contributed by atoms with Gasteiger partial charge in [-0.25, -0.2) is 4.39 Å². The lowest BCUT2D eigenvalue weighted by Gasteiger charge is -2.50. The number of carbonyl (C=O) groups is 3. The molecule has 3 aliphatic carbocycles. The molecule has 37 heavy (non-hydrogen) atoms. The van der Waals surface area contributed by atoms with Crippen LogP contribution in [0.3, 0.4) is 0 Å². The Hall–Kier alpha value is -3.48. The zero-order chi connectivity index (χ0) is 27.4. The Labute approximate surface area is 212 Å². The number of nitrogens with two attached hydrogens (primary N) is 1. The molecule has 0 bridgehead atoms. The maximum absolute atomic E-state index is 13.8. The normalized spacial score (nSPS) is 27.2. The molecule has 0 fully saturated rings. The number of aliphatic hydroxyl groups is 3. The number of phenols is 1. The summed E-state index contributed by atoms with van der Waals surface area (Å²) in [7, 11) is 4.79. The number of carbonyl (C=O) groups excluding carboxylic acids is 3. The molecule has 4 atom stereocenters. The first-order valence-corrected chi connectivity index (χ1v) is 11.9. The highest BCUT2D eigenvalue weighted by Crippen LogP contribution is 2.53. The average molecular weight is 519 g/mol. The highest BCUT2D eigenvalue weighted by atomic mass is 19.1. The molecule has 0 saturated carbocycles. The van der Waals surface area contributed by atoms with Crippen molar-refractivity contribution < 1.29 is 39.2 Å². The van der Waals surface area contributed by atoms with Crippen LogP contribution in [-0.2, 0) is 22.6 Å². The quantitative estimate of drug-likeness (QED) is 0.150. The van der Waals surface area contributed by atoms with E-state index in [1.165, 1.54) is 4.90 Å². The molecular weight excluding hydrogens is 487 g/mol. The molecular formula is C25H31FN4O7. The second-order valence-corrected chi connectivity index (χ2v) is 9.86. The van der Waals surface area contributed by atoms with E-state index in [1.807, 2.05) is 0 Å². The number of nitrogens with zero attached hydrogens (tertiary/aromatic N) is 1. The van der Waals surface area contributed by atoms with E-state index in [9.17, 15) is 39.2 Å². The highest BCUT2D eigenvalue weighted by molar-refractivity contribution is 6.24. The lowest BCUT2D eigenvalue weighted by Crippen LogP contribution is -2.63. The number of aromatic hydroxyl groups is 1. The van der Waals surface area contributed by atoms with Gasteiger partial charge in [0.2, 0.25) is 5.78 Å². The number of allylic oxidation sites excluding steroid dienone is 1.